The monoisotopic (exact) mass is 599 g/mol. The number of ether oxygens (including phenoxy) is 1. The van der Waals surface area contributed by atoms with E-state index in [9.17, 15) is 9.90 Å². The number of phenols is 1. The third-order valence-corrected chi connectivity index (χ3v) is 10.9. The molecule has 6 heterocycles. The second-order valence-electron chi connectivity index (χ2n) is 13.2. The summed E-state index contributed by atoms with van der Waals surface area (Å²) in [6.45, 7) is 8.12. The molecular formula is C34H38ClN5O3. The number of phenolic OH excluding ortho intramolecular Hbond substituents is 1. The Bertz CT molecular complexity index is 1600. The number of aromatic hydroxyl groups is 1. The summed E-state index contributed by atoms with van der Waals surface area (Å²) in [5.41, 5.74) is 2.86. The van der Waals surface area contributed by atoms with Crippen LogP contribution in [0, 0.1) is 0 Å². The Hall–Kier alpha value is -3.36. The highest BCUT2D eigenvalue weighted by atomic mass is 35.5. The third-order valence-electron chi connectivity index (χ3n) is 10.6. The van der Waals surface area contributed by atoms with Crippen LogP contribution in [0.2, 0.25) is 5.02 Å². The highest BCUT2D eigenvalue weighted by Gasteiger charge is 2.45. The standard InChI is InChI=1S/C34H38ClN5O3/c1-2-31(42)40-23-7-8-24(40)19-38(18-23)33-27-17-36-29(26-15-25(41)16-28(35)32(26)21-5-6-21)13-22(27)14-30(37-33)43-20-34-9-3-11-39(34)12-4-10-34/h2,13-17,21,23-24,41H,1,3-12,18-20H2. The minimum atomic E-state index is 0.0153. The summed E-state index contributed by atoms with van der Waals surface area (Å²) in [6.07, 6.45) is 12.3. The van der Waals surface area contributed by atoms with Crippen molar-refractivity contribution in [2.45, 2.75) is 74.9 Å². The van der Waals surface area contributed by atoms with Crippen molar-refractivity contribution in [3.05, 3.63) is 53.7 Å². The van der Waals surface area contributed by atoms with Crippen LogP contribution >= 0.6 is 11.6 Å². The van der Waals surface area contributed by atoms with Crippen LogP contribution in [0.4, 0.5) is 5.82 Å². The first kappa shape index (κ1) is 27.2. The van der Waals surface area contributed by atoms with Gasteiger partial charge in [-0.1, -0.05) is 18.2 Å². The maximum absolute atomic E-state index is 12.7. The van der Waals surface area contributed by atoms with Crippen LogP contribution in [-0.2, 0) is 4.79 Å². The Morgan fingerprint density at radius 2 is 1.84 bits per heavy atom. The first-order valence-corrected chi connectivity index (χ1v) is 16.2. The van der Waals surface area contributed by atoms with E-state index in [1.54, 1.807) is 12.1 Å². The van der Waals surface area contributed by atoms with Gasteiger partial charge in [0.25, 0.3) is 0 Å². The number of rotatable bonds is 7. The lowest BCUT2D eigenvalue weighted by Crippen LogP contribution is -2.55. The molecule has 5 fully saturated rings. The average molecular weight is 600 g/mol. The molecule has 8 rings (SSSR count). The fourth-order valence-electron chi connectivity index (χ4n) is 8.38. The number of piperazine rings is 1. The van der Waals surface area contributed by atoms with Crippen LogP contribution in [0.3, 0.4) is 0 Å². The van der Waals surface area contributed by atoms with E-state index in [1.165, 1.54) is 31.8 Å². The Morgan fingerprint density at radius 1 is 1.09 bits per heavy atom. The lowest BCUT2D eigenvalue weighted by molar-refractivity contribution is -0.129. The number of anilines is 1. The van der Waals surface area contributed by atoms with Crippen LogP contribution in [0.1, 0.15) is 62.8 Å². The number of pyridine rings is 2. The number of carbonyl (C=O) groups excluding carboxylic acids is 1. The van der Waals surface area contributed by atoms with Gasteiger partial charge in [0, 0.05) is 53.4 Å². The normalized spacial score (nSPS) is 24.5. The van der Waals surface area contributed by atoms with E-state index >= 15 is 0 Å². The lowest BCUT2D eigenvalue weighted by atomic mass is 9.95. The Kier molecular flexibility index (Phi) is 6.56. The van der Waals surface area contributed by atoms with Crippen molar-refractivity contribution in [1.29, 1.82) is 0 Å². The molecule has 2 bridgehead atoms. The van der Waals surface area contributed by atoms with Crippen LogP contribution in [0.5, 0.6) is 11.6 Å². The molecule has 1 N–H and O–H groups in total. The Balaban J connectivity index is 1.19. The molecule has 1 aliphatic carbocycles. The number of hydrogen-bond donors (Lipinski definition) is 1. The summed E-state index contributed by atoms with van der Waals surface area (Å²) in [5, 5.41) is 13.0. The highest BCUT2D eigenvalue weighted by Crippen LogP contribution is 2.49. The molecular weight excluding hydrogens is 562 g/mol. The highest BCUT2D eigenvalue weighted by molar-refractivity contribution is 6.32. The number of amides is 1. The van der Waals surface area contributed by atoms with Gasteiger partial charge < -0.3 is 19.6 Å². The summed E-state index contributed by atoms with van der Waals surface area (Å²) in [4.78, 5) is 29.6. The minimum absolute atomic E-state index is 0.0153. The van der Waals surface area contributed by atoms with Crippen molar-refractivity contribution in [2.24, 2.45) is 0 Å². The maximum Gasteiger partial charge on any atom is 0.246 e. The SMILES string of the molecule is C=CC(=O)N1C2CCC1CN(c1nc(OCC34CCCN3CCC4)cc3cc(-c4cc(O)cc(Cl)c4C4CC4)ncc13)C2. The molecule has 224 valence electrons. The summed E-state index contributed by atoms with van der Waals surface area (Å²) >= 11 is 6.65. The van der Waals surface area contributed by atoms with Gasteiger partial charge in [0.1, 0.15) is 18.2 Å². The zero-order chi connectivity index (χ0) is 29.3. The number of hydrogen-bond acceptors (Lipinski definition) is 7. The van der Waals surface area contributed by atoms with Gasteiger partial charge in [0.05, 0.1) is 11.2 Å². The zero-order valence-electron chi connectivity index (χ0n) is 24.5. The van der Waals surface area contributed by atoms with E-state index in [1.807, 2.05) is 17.2 Å². The molecule has 4 aliphatic heterocycles. The average Bonchev–Trinajstić information content (AvgIpc) is 3.55. The van der Waals surface area contributed by atoms with Gasteiger partial charge in [-0.15, -0.1) is 0 Å². The number of benzene rings is 1. The van der Waals surface area contributed by atoms with E-state index in [4.69, 9.17) is 26.3 Å². The van der Waals surface area contributed by atoms with E-state index in [0.717, 1.165) is 85.3 Å². The van der Waals surface area contributed by atoms with Gasteiger partial charge in [0.15, 0.2) is 0 Å². The number of halogens is 1. The number of aromatic nitrogens is 2. The van der Waals surface area contributed by atoms with Crippen LogP contribution < -0.4 is 9.64 Å². The lowest BCUT2D eigenvalue weighted by Gasteiger charge is -2.41. The molecule has 2 atom stereocenters. The molecule has 1 amide bonds. The predicted octanol–water partition coefficient (Wildman–Crippen LogP) is 5.91. The van der Waals surface area contributed by atoms with Gasteiger partial charge in [0.2, 0.25) is 11.8 Å². The molecule has 0 radical (unpaired) electrons. The molecule has 2 unspecified atom stereocenters. The summed E-state index contributed by atoms with van der Waals surface area (Å²) in [6, 6.07) is 7.83. The predicted molar refractivity (Wildman–Crippen MR) is 168 cm³/mol. The Morgan fingerprint density at radius 3 is 2.53 bits per heavy atom. The minimum Gasteiger partial charge on any atom is -0.508 e. The second-order valence-corrected chi connectivity index (χ2v) is 13.6. The fraction of sp³-hybridized carbons (Fsp3) is 0.500. The third kappa shape index (κ3) is 4.65. The van der Waals surface area contributed by atoms with E-state index in [0.29, 0.717) is 23.4 Å². The van der Waals surface area contributed by atoms with Gasteiger partial charge in [-0.3, -0.25) is 14.7 Å². The molecule has 2 aromatic heterocycles. The van der Waals surface area contributed by atoms with Gasteiger partial charge in [-0.05, 0) is 106 Å². The van der Waals surface area contributed by atoms with Crippen molar-refractivity contribution in [3.8, 4) is 22.9 Å². The second kappa shape index (κ2) is 10.4. The molecule has 0 spiro atoms. The van der Waals surface area contributed by atoms with Crippen molar-refractivity contribution >= 4 is 34.1 Å². The van der Waals surface area contributed by atoms with Crippen LogP contribution in [0.15, 0.2) is 43.1 Å². The van der Waals surface area contributed by atoms with Crippen molar-refractivity contribution in [3.63, 3.8) is 0 Å². The van der Waals surface area contributed by atoms with Crippen LogP contribution in [0.25, 0.3) is 22.0 Å². The van der Waals surface area contributed by atoms with E-state index in [-0.39, 0.29) is 29.3 Å². The maximum atomic E-state index is 12.7. The van der Waals surface area contributed by atoms with Crippen molar-refractivity contribution in [1.82, 2.24) is 19.8 Å². The summed E-state index contributed by atoms with van der Waals surface area (Å²) < 4.78 is 6.60. The molecule has 4 saturated heterocycles. The molecule has 1 aromatic carbocycles. The topological polar surface area (TPSA) is 82.0 Å². The van der Waals surface area contributed by atoms with Gasteiger partial charge in [-0.2, -0.15) is 4.98 Å². The van der Waals surface area contributed by atoms with Gasteiger partial charge in [-0.25, -0.2) is 0 Å². The first-order valence-electron chi connectivity index (χ1n) is 15.8. The molecule has 9 heteroatoms. The summed E-state index contributed by atoms with van der Waals surface area (Å²) in [7, 11) is 0. The zero-order valence-corrected chi connectivity index (χ0v) is 25.2. The first-order chi connectivity index (χ1) is 20.9. The van der Waals surface area contributed by atoms with Crippen molar-refractivity contribution in [2.75, 3.05) is 37.7 Å². The largest absolute Gasteiger partial charge is 0.508 e. The van der Waals surface area contributed by atoms with Gasteiger partial charge >= 0.3 is 0 Å². The molecule has 1 saturated carbocycles. The number of carbonyl (C=O) groups is 1. The Labute approximate surface area is 257 Å². The van der Waals surface area contributed by atoms with Crippen molar-refractivity contribution < 1.29 is 14.6 Å². The summed E-state index contributed by atoms with van der Waals surface area (Å²) in [5.74, 6) is 2.04. The number of fused-ring (bicyclic) bond motifs is 4. The molecule has 5 aliphatic rings. The van der Waals surface area contributed by atoms with E-state index in [2.05, 4.69) is 22.4 Å². The smallest absolute Gasteiger partial charge is 0.246 e. The molecule has 43 heavy (non-hydrogen) atoms. The van der Waals surface area contributed by atoms with E-state index < -0.39 is 0 Å². The number of nitrogens with zero attached hydrogens (tertiary/aromatic N) is 5. The fourth-order valence-corrected chi connectivity index (χ4v) is 8.75. The quantitative estimate of drug-likeness (QED) is 0.338. The molecule has 8 nitrogen and oxygen atoms in total. The molecule has 3 aromatic rings. The van der Waals surface area contributed by atoms with Crippen LogP contribution in [-0.4, -0.2) is 81.2 Å².